The van der Waals surface area contributed by atoms with E-state index in [1.807, 2.05) is 30.0 Å². The van der Waals surface area contributed by atoms with E-state index in [1.165, 1.54) is 58.8 Å². The summed E-state index contributed by atoms with van der Waals surface area (Å²) in [6.45, 7) is 0.201. The molecule has 16 aromatic rings. The molecule has 0 radical (unpaired) electrons. The molecule has 4 aliphatic rings. The average molecular weight is 1090 g/mol. The van der Waals surface area contributed by atoms with Crippen molar-refractivity contribution in [3.05, 3.63) is 261 Å². The maximum Gasteiger partial charge on any atom is 0.260 e. The van der Waals surface area contributed by atoms with Gasteiger partial charge in [0.1, 0.15) is 34.5 Å². The van der Waals surface area contributed by atoms with Gasteiger partial charge in [0.05, 0.1) is 61.2 Å². The Kier molecular flexibility index (Phi) is 9.57. The number of fused-ring (bicyclic) bond motifs is 19. The predicted molar refractivity (Wildman–Crippen MR) is 344 cm³/mol. The number of imidazole rings is 2. The molecule has 8 heterocycles. The van der Waals surface area contributed by atoms with Gasteiger partial charge in [-0.15, -0.1) is 0 Å². The van der Waals surface area contributed by atoms with Crippen LogP contribution in [0.4, 0.5) is 0 Å². The lowest BCUT2D eigenvalue weighted by Crippen LogP contribution is -2.57. The fraction of sp³-hybridized carbons (Fsp3) is 0. The second-order valence-electron chi connectivity index (χ2n) is 22.1. The predicted octanol–water partition coefficient (Wildman–Crippen LogP) is 14.1. The van der Waals surface area contributed by atoms with Crippen LogP contribution in [0.5, 0.6) is 34.5 Å². The third kappa shape index (κ3) is 6.44. The Balaban J connectivity index is 0.000000127. The third-order valence-corrected chi connectivity index (χ3v) is 18.8. The van der Waals surface area contributed by atoms with Crippen LogP contribution in [0.3, 0.4) is 0 Å². The molecule has 20 rings (SSSR count). The van der Waals surface area contributed by atoms with Crippen molar-refractivity contribution in [1.29, 1.82) is 0 Å². The van der Waals surface area contributed by atoms with Gasteiger partial charge in [-0.25, -0.2) is 4.98 Å². The normalized spacial score (nSPS) is 13.2. The Hall–Kier alpha value is -10.6. The number of ether oxygens (including phenoxy) is 3. The number of para-hydroxylation sites is 11. The lowest BCUT2D eigenvalue weighted by molar-refractivity contribution is 0.464. The molecule has 0 bridgehead atoms. The molecule has 0 spiro atoms. The smallest absolute Gasteiger partial charge is 0.260 e. The van der Waals surface area contributed by atoms with Crippen molar-refractivity contribution in [2.24, 2.45) is 0 Å². The molecular formula is C73H43B2N5O3S. The van der Waals surface area contributed by atoms with Crippen molar-refractivity contribution >= 4 is 129 Å². The average Bonchev–Trinajstić information content (AvgIpc) is 3.24. The molecule has 0 fully saturated rings. The van der Waals surface area contributed by atoms with Crippen LogP contribution in [-0.2, 0) is 0 Å². The lowest BCUT2D eigenvalue weighted by atomic mass is 9.35. The summed E-state index contributed by atoms with van der Waals surface area (Å²) >= 11 is 1.83. The highest BCUT2D eigenvalue weighted by Gasteiger charge is 2.42. The zero-order chi connectivity index (χ0) is 54.7. The summed E-state index contributed by atoms with van der Waals surface area (Å²) in [7, 11) is 0. The fourth-order valence-electron chi connectivity index (χ4n) is 14.3. The van der Waals surface area contributed by atoms with Crippen molar-refractivity contribution in [3.63, 3.8) is 0 Å². The molecule has 12 aromatic carbocycles. The van der Waals surface area contributed by atoms with Crippen LogP contribution in [0.25, 0.3) is 88.5 Å². The molecule has 0 unspecified atom stereocenters. The zero-order valence-electron chi connectivity index (χ0n) is 44.8. The van der Waals surface area contributed by atoms with E-state index >= 15 is 0 Å². The largest absolute Gasteiger partial charge is 0.458 e. The molecule has 0 aliphatic carbocycles. The van der Waals surface area contributed by atoms with Crippen molar-refractivity contribution in [3.8, 4) is 51.6 Å². The molecule has 0 saturated heterocycles. The monoisotopic (exact) mass is 1090 g/mol. The number of aromatic nitrogens is 5. The van der Waals surface area contributed by atoms with Gasteiger partial charge >= 0.3 is 0 Å². The van der Waals surface area contributed by atoms with Crippen molar-refractivity contribution in [1.82, 2.24) is 23.1 Å². The van der Waals surface area contributed by atoms with Crippen LogP contribution in [0, 0.1) is 0 Å². The maximum atomic E-state index is 6.72. The summed E-state index contributed by atoms with van der Waals surface area (Å²) in [5.41, 5.74) is 19.4. The van der Waals surface area contributed by atoms with Crippen LogP contribution in [0.1, 0.15) is 0 Å². The summed E-state index contributed by atoms with van der Waals surface area (Å²) < 4.78 is 29.4. The van der Waals surface area contributed by atoms with Gasteiger partial charge in [0, 0.05) is 55.0 Å². The van der Waals surface area contributed by atoms with E-state index in [4.69, 9.17) is 19.2 Å². The van der Waals surface area contributed by atoms with E-state index < -0.39 is 0 Å². The molecule has 0 atom stereocenters. The van der Waals surface area contributed by atoms with E-state index in [0.717, 1.165) is 107 Å². The van der Waals surface area contributed by atoms with Gasteiger partial charge in [-0.2, -0.15) is 0 Å². The first-order valence-corrected chi connectivity index (χ1v) is 29.3. The van der Waals surface area contributed by atoms with Crippen molar-refractivity contribution in [2.75, 3.05) is 0 Å². The first kappa shape index (κ1) is 46.0. The molecule has 0 saturated carbocycles. The number of rotatable bonds is 3. The summed E-state index contributed by atoms with van der Waals surface area (Å²) in [6, 6.07) is 92.5. The van der Waals surface area contributed by atoms with E-state index in [-0.39, 0.29) is 13.4 Å². The second kappa shape index (κ2) is 17.5. The minimum atomic E-state index is 0.0373. The molecule has 11 heteroatoms. The Morgan fingerprint density at radius 1 is 0.321 bits per heavy atom. The van der Waals surface area contributed by atoms with Gasteiger partial charge in [0.25, 0.3) is 13.4 Å². The Morgan fingerprint density at radius 3 is 1.40 bits per heavy atom. The van der Waals surface area contributed by atoms with E-state index in [1.54, 1.807) is 0 Å². The van der Waals surface area contributed by atoms with Gasteiger partial charge in [0.15, 0.2) is 0 Å². The Morgan fingerprint density at radius 2 is 0.774 bits per heavy atom. The third-order valence-electron chi connectivity index (χ3n) is 17.7. The summed E-state index contributed by atoms with van der Waals surface area (Å²) in [4.78, 5) is 7.61. The van der Waals surface area contributed by atoms with Crippen LogP contribution in [-0.4, -0.2) is 36.5 Å². The van der Waals surface area contributed by atoms with Crippen molar-refractivity contribution < 1.29 is 14.2 Å². The lowest BCUT2D eigenvalue weighted by Gasteiger charge is -2.33. The maximum absolute atomic E-state index is 6.72. The number of hydrogen-bond acceptors (Lipinski definition) is 5. The molecule has 4 aliphatic heterocycles. The van der Waals surface area contributed by atoms with Crippen LogP contribution in [0.15, 0.2) is 271 Å². The molecule has 84 heavy (non-hydrogen) atoms. The van der Waals surface area contributed by atoms with Gasteiger partial charge in [-0.05, 0) is 101 Å². The molecule has 4 aromatic heterocycles. The topological polar surface area (TPSA) is 59.8 Å². The van der Waals surface area contributed by atoms with Gasteiger partial charge in [-0.1, -0.05) is 181 Å². The molecule has 0 amide bonds. The minimum absolute atomic E-state index is 0.0373. The molecule has 8 nitrogen and oxygen atoms in total. The zero-order valence-corrected chi connectivity index (χ0v) is 45.7. The number of nitrogens with zero attached hydrogens (tertiary/aromatic N) is 5. The van der Waals surface area contributed by atoms with Crippen molar-refractivity contribution in [2.45, 2.75) is 9.79 Å². The van der Waals surface area contributed by atoms with E-state index in [0.29, 0.717) is 0 Å². The van der Waals surface area contributed by atoms with E-state index in [9.17, 15) is 0 Å². The molecular weight excluding hydrogens is 1050 g/mol. The summed E-state index contributed by atoms with van der Waals surface area (Å²) in [5, 5.41) is 4.88. The highest BCUT2D eigenvalue weighted by molar-refractivity contribution is 8.00. The van der Waals surface area contributed by atoms with Gasteiger partial charge < -0.3 is 23.3 Å². The van der Waals surface area contributed by atoms with Gasteiger partial charge in [-0.3, -0.25) is 8.97 Å². The highest BCUT2D eigenvalue weighted by atomic mass is 32.2. The summed E-state index contributed by atoms with van der Waals surface area (Å²) in [5.74, 6) is 6.19. The van der Waals surface area contributed by atoms with E-state index in [2.05, 4.69) is 261 Å². The Bertz CT molecular complexity index is 5330. The number of hydrogen-bond donors (Lipinski definition) is 0. The first-order valence-electron chi connectivity index (χ1n) is 28.5. The highest BCUT2D eigenvalue weighted by Crippen LogP contribution is 2.44. The number of benzene rings is 12. The standard InChI is InChI=1S/C42H25BN2O2.C31H18BN3OS/c1-7-19-34-27(12-1)28-13-2-8-20-35(28)45(34)36-21-11-15-30-29-14-3-6-18-33(29)44(42(30)36)26-24-39-41-40(25-26)47-38-23-10-5-17-32(38)43(41)31-16-4-9-22-37(31)46-39;1-7-15-26-20(9-1)32-21-10-2-8-16-28(21)37-29-18-19(17-27(36-26)30(29)32)34-24-13-5-6-14-25(24)35-23-12-4-3-11-22(23)33-31(34)35/h1-25H;1-18H. The van der Waals surface area contributed by atoms with Gasteiger partial charge in [0.2, 0.25) is 5.78 Å². The molecule has 0 N–H and O–H groups in total. The second-order valence-corrected chi connectivity index (χ2v) is 23.2. The van der Waals surface area contributed by atoms with Crippen LogP contribution >= 0.6 is 11.8 Å². The molecule has 390 valence electrons. The Labute approximate surface area is 486 Å². The fourth-order valence-corrected chi connectivity index (χ4v) is 15.5. The van der Waals surface area contributed by atoms with Crippen LogP contribution in [0.2, 0.25) is 0 Å². The SMILES string of the molecule is c1ccc2c(c1)Oc1cc(-n3c4ccccc4c4cccc(-n5c6ccccc6c6ccccc65)c43)cc3c1B2c1ccccc1O3.c1ccc2c(c1)Oc1cc(-n3c4ccccc4n4c5ccccc5nc34)cc3c1B2c1ccccc1S3. The first-order chi connectivity index (χ1) is 41.7. The summed E-state index contributed by atoms with van der Waals surface area (Å²) in [6.07, 6.45) is 0. The quantitative estimate of drug-likeness (QED) is 0.165. The minimum Gasteiger partial charge on any atom is -0.458 e. The van der Waals surface area contributed by atoms with Crippen LogP contribution < -0.4 is 47.0 Å².